The lowest BCUT2D eigenvalue weighted by atomic mass is 10.3. The maximum absolute atomic E-state index is 11.5. The Morgan fingerprint density at radius 3 is 2.80 bits per heavy atom. The summed E-state index contributed by atoms with van der Waals surface area (Å²) in [6, 6.07) is -1.35. The van der Waals surface area contributed by atoms with Gasteiger partial charge >= 0.3 is 18.0 Å². The van der Waals surface area contributed by atoms with Gasteiger partial charge in [-0.3, -0.25) is 4.79 Å². The number of carbonyl (C=O) groups excluding carboxylic acids is 2. The smallest absolute Gasteiger partial charge is 0.328 e. The van der Waals surface area contributed by atoms with E-state index in [-0.39, 0.29) is 13.1 Å². The van der Waals surface area contributed by atoms with E-state index in [1.807, 2.05) is 0 Å². The molecule has 0 aliphatic rings. The van der Waals surface area contributed by atoms with Crippen molar-refractivity contribution in [2.45, 2.75) is 26.1 Å². The Kier molecular flexibility index (Phi) is 5.44. The first kappa shape index (κ1) is 15.4. The molecule has 0 bridgehead atoms. The molecule has 0 aromatic carbocycles. The average molecular weight is 285 g/mol. The van der Waals surface area contributed by atoms with Gasteiger partial charge in [0, 0.05) is 0 Å². The van der Waals surface area contributed by atoms with Crippen molar-refractivity contribution in [1.29, 1.82) is 0 Å². The molecule has 1 aromatic rings. The summed E-state index contributed by atoms with van der Waals surface area (Å²) in [6.07, 6.45) is 1.40. The Labute approximate surface area is 114 Å². The first-order chi connectivity index (χ1) is 9.42. The second kappa shape index (κ2) is 7.07. The van der Waals surface area contributed by atoms with Crippen molar-refractivity contribution in [3.63, 3.8) is 0 Å². The van der Waals surface area contributed by atoms with Crippen LogP contribution in [0.1, 0.15) is 12.6 Å². The molecule has 3 N–H and O–H groups in total. The van der Waals surface area contributed by atoms with Crippen LogP contribution < -0.4 is 10.6 Å². The SMILES string of the molecule is COC(=O)C(C)NC(=O)NCc1cn(CC(=O)O)nn1. The molecule has 110 valence electrons. The van der Waals surface area contributed by atoms with Gasteiger partial charge in [0.2, 0.25) is 0 Å². The molecule has 1 aromatic heterocycles. The van der Waals surface area contributed by atoms with E-state index in [0.717, 1.165) is 4.68 Å². The van der Waals surface area contributed by atoms with Gasteiger partial charge in [-0.25, -0.2) is 14.3 Å². The topological polar surface area (TPSA) is 135 Å². The van der Waals surface area contributed by atoms with Crippen LogP contribution in [-0.2, 0) is 27.4 Å². The lowest BCUT2D eigenvalue weighted by molar-refractivity contribution is -0.142. The molecule has 10 nitrogen and oxygen atoms in total. The molecule has 0 saturated heterocycles. The fourth-order valence-electron chi connectivity index (χ4n) is 1.29. The van der Waals surface area contributed by atoms with Crippen LogP contribution in [0.4, 0.5) is 4.79 Å². The molecule has 0 aliphatic heterocycles. The van der Waals surface area contributed by atoms with Crippen LogP contribution in [0.25, 0.3) is 0 Å². The van der Waals surface area contributed by atoms with E-state index in [2.05, 4.69) is 25.7 Å². The van der Waals surface area contributed by atoms with Gasteiger partial charge in [0.15, 0.2) is 0 Å². The number of aliphatic carboxylic acids is 1. The first-order valence-electron chi connectivity index (χ1n) is 5.65. The van der Waals surface area contributed by atoms with Crippen molar-refractivity contribution in [1.82, 2.24) is 25.6 Å². The lowest BCUT2D eigenvalue weighted by Crippen LogP contribution is -2.44. The standard InChI is InChI=1S/C10H15N5O5/c1-6(9(18)20-2)12-10(19)11-3-7-4-15(14-13-7)5-8(16)17/h4,6H,3,5H2,1-2H3,(H,16,17)(H2,11,12,19). The fraction of sp³-hybridized carbons (Fsp3) is 0.500. The van der Waals surface area contributed by atoms with Gasteiger partial charge < -0.3 is 20.5 Å². The van der Waals surface area contributed by atoms with Gasteiger partial charge in [0.1, 0.15) is 18.3 Å². The number of carboxylic acids is 1. The minimum absolute atomic E-state index is 0.0549. The minimum Gasteiger partial charge on any atom is -0.480 e. The van der Waals surface area contributed by atoms with Crippen LogP contribution in [0.3, 0.4) is 0 Å². The summed E-state index contributed by atoms with van der Waals surface area (Å²) >= 11 is 0. The highest BCUT2D eigenvalue weighted by Gasteiger charge is 2.15. The fourth-order valence-corrected chi connectivity index (χ4v) is 1.29. The Hall–Kier alpha value is -2.65. The molecule has 1 heterocycles. The predicted molar refractivity (Wildman–Crippen MR) is 64.5 cm³/mol. The third kappa shape index (κ3) is 4.92. The summed E-state index contributed by atoms with van der Waals surface area (Å²) in [4.78, 5) is 33.0. The first-order valence-corrected chi connectivity index (χ1v) is 5.65. The molecular formula is C10H15N5O5. The molecule has 0 aliphatic carbocycles. The van der Waals surface area contributed by atoms with Gasteiger partial charge in [0.05, 0.1) is 19.9 Å². The van der Waals surface area contributed by atoms with E-state index in [1.165, 1.54) is 20.2 Å². The van der Waals surface area contributed by atoms with Crippen molar-refractivity contribution in [2.75, 3.05) is 7.11 Å². The maximum atomic E-state index is 11.5. The zero-order chi connectivity index (χ0) is 15.1. The molecular weight excluding hydrogens is 270 g/mol. The number of carboxylic acid groups (broad SMARTS) is 1. The number of nitrogens with zero attached hydrogens (tertiary/aromatic N) is 3. The summed E-state index contributed by atoms with van der Waals surface area (Å²) in [6.45, 7) is 1.23. The normalized spacial score (nSPS) is 11.5. The third-order valence-corrected chi connectivity index (χ3v) is 2.22. The van der Waals surface area contributed by atoms with E-state index < -0.39 is 24.0 Å². The van der Waals surface area contributed by atoms with Gasteiger partial charge in [-0.05, 0) is 6.92 Å². The molecule has 0 radical (unpaired) electrons. The number of urea groups is 1. The summed E-state index contributed by atoms with van der Waals surface area (Å²) < 4.78 is 5.59. The van der Waals surface area contributed by atoms with Crippen molar-refractivity contribution in [2.24, 2.45) is 0 Å². The Morgan fingerprint density at radius 1 is 1.50 bits per heavy atom. The minimum atomic E-state index is -1.04. The molecule has 0 spiro atoms. The zero-order valence-corrected chi connectivity index (χ0v) is 11.0. The summed E-state index contributed by atoms with van der Waals surface area (Å²) in [5, 5.41) is 20.6. The lowest BCUT2D eigenvalue weighted by Gasteiger charge is -2.11. The number of rotatable bonds is 6. The molecule has 2 amide bonds. The number of carbonyl (C=O) groups is 3. The molecule has 1 rings (SSSR count). The number of hydrogen-bond acceptors (Lipinski definition) is 6. The number of amides is 2. The van der Waals surface area contributed by atoms with Crippen LogP contribution in [0.2, 0.25) is 0 Å². The highest BCUT2D eigenvalue weighted by atomic mass is 16.5. The molecule has 20 heavy (non-hydrogen) atoms. The van der Waals surface area contributed by atoms with E-state index in [4.69, 9.17) is 5.11 Å². The number of methoxy groups -OCH3 is 1. The van der Waals surface area contributed by atoms with Crippen molar-refractivity contribution in [3.8, 4) is 0 Å². The molecule has 0 fully saturated rings. The van der Waals surface area contributed by atoms with Crippen molar-refractivity contribution in [3.05, 3.63) is 11.9 Å². The molecule has 1 atom stereocenters. The van der Waals surface area contributed by atoms with E-state index in [9.17, 15) is 14.4 Å². The Morgan fingerprint density at radius 2 is 2.20 bits per heavy atom. The predicted octanol–water partition coefficient (Wildman–Crippen LogP) is -1.28. The highest BCUT2D eigenvalue weighted by molar-refractivity contribution is 5.83. The van der Waals surface area contributed by atoms with Crippen LogP contribution in [-0.4, -0.2) is 51.2 Å². The van der Waals surface area contributed by atoms with Crippen LogP contribution in [0, 0.1) is 0 Å². The largest absolute Gasteiger partial charge is 0.480 e. The molecule has 10 heteroatoms. The number of hydrogen-bond donors (Lipinski definition) is 3. The van der Waals surface area contributed by atoms with Crippen LogP contribution in [0.5, 0.6) is 0 Å². The third-order valence-electron chi connectivity index (χ3n) is 2.22. The average Bonchev–Trinajstić information content (AvgIpc) is 2.82. The number of aromatic nitrogens is 3. The monoisotopic (exact) mass is 285 g/mol. The zero-order valence-electron chi connectivity index (χ0n) is 11.0. The maximum Gasteiger partial charge on any atom is 0.328 e. The highest BCUT2D eigenvalue weighted by Crippen LogP contribution is 1.93. The van der Waals surface area contributed by atoms with Gasteiger partial charge in [-0.15, -0.1) is 5.10 Å². The summed E-state index contributed by atoms with van der Waals surface area (Å²) in [5.41, 5.74) is 0.395. The summed E-state index contributed by atoms with van der Waals surface area (Å²) in [7, 11) is 1.22. The van der Waals surface area contributed by atoms with Gasteiger partial charge in [0.25, 0.3) is 0 Å². The molecule has 1 unspecified atom stereocenters. The quantitative estimate of drug-likeness (QED) is 0.554. The van der Waals surface area contributed by atoms with Gasteiger partial charge in [-0.1, -0.05) is 5.21 Å². The van der Waals surface area contributed by atoms with Crippen molar-refractivity contribution >= 4 is 18.0 Å². The number of ether oxygens (including phenoxy) is 1. The summed E-state index contributed by atoms with van der Waals surface area (Å²) in [5.74, 6) is -1.60. The van der Waals surface area contributed by atoms with E-state index >= 15 is 0 Å². The van der Waals surface area contributed by atoms with E-state index in [0.29, 0.717) is 5.69 Å². The van der Waals surface area contributed by atoms with Crippen molar-refractivity contribution < 1.29 is 24.2 Å². The number of esters is 1. The number of nitrogens with one attached hydrogen (secondary N) is 2. The van der Waals surface area contributed by atoms with Crippen LogP contribution >= 0.6 is 0 Å². The Balaban J connectivity index is 2.39. The van der Waals surface area contributed by atoms with E-state index in [1.54, 1.807) is 0 Å². The Bertz CT molecular complexity index is 500. The molecule has 0 saturated carbocycles. The van der Waals surface area contributed by atoms with Crippen LogP contribution in [0.15, 0.2) is 6.20 Å². The van der Waals surface area contributed by atoms with Gasteiger partial charge in [-0.2, -0.15) is 0 Å². The second-order valence-corrected chi connectivity index (χ2v) is 3.87. The second-order valence-electron chi connectivity index (χ2n) is 3.87.